The van der Waals surface area contributed by atoms with Gasteiger partial charge in [-0.2, -0.15) is 0 Å². The molecular formula is C12H22O11. The van der Waals surface area contributed by atoms with Crippen LogP contribution in [0, 0.1) is 0 Å². The van der Waals surface area contributed by atoms with Gasteiger partial charge in [-0.15, -0.1) is 0 Å². The Labute approximate surface area is 130 Å². The molecule has 2 saturated heterocycles. The van der Waals surface area contributed by atoms with Gasteiger partial charge in [-0.25, -0.2) is 0 Å². The van der Waals surface area contributed by atoms with Crippen LogP contribution < -0.4 is 0 Å². The SMILES string of the molecule is OC[C@@H]1O[C@H](O[C@@H]2[C@@H](O)[C@@H](O)[C@H](O)O[C@H]2CO)[C@H](O)[C@@H](O)[C@H]1O. The lowest BCUT2D eigenvalue weighted by Crippen LogP contribution is -2.64. The highest BCUT2D eigenvalue weighted by atomic mass is 16.7. The van der Waals surface area contributed by atoms with Crippen molar-refractivity contribution in [2.45, 2.75) is 61.4 Å². The highest BCUT2D eigenvalue weighted by molar-refractivity contribution is 4.93. The molecule has 8 N–H and O–H groups in total. The molecule has 0 aromatic carbocycles. The fourth-order valence-corrected chi connectivity index (χ4v) is 2.57. The molecule has 0 radical (unpaired) electrons. The van der Waals surface area contributed by atoms with E-state index >= 15 is 0 Å². The summed E-state index contributed by atoms with van der Waals surface area (Å²) in [6, 6.07) is 0. The largest absolute Gasteiger partial charge is 0.394 e. The average molecular weight is 342 g/mol. The van der Waals surface area contributed by atoms with E-state index in [-0.39, 0.29) is 0 Å². The molecule has 2 fully saturated rings. The fraction of sp³-hybridized carbons (Fsp3) is 1.00. The van der Waals surface area contributed by atoms with Crippen molar-refractivity contribution in [1.82, 2.24) is 0 Å². The van der Waals surface area contributed by atoms with Gasteiger partial charge in [-0.1, -0.05) is 0 Å². The molecule has 0 unspecified atom stereocenters. The Morgan fingerprint density at radius 2 is 1.26 bits per heavy atom. The number of hydrogen-bond acceptors (Lipinski definition) is 11. The first-order chi connectivity index (χ1) is 10.8. The summed E-state index contributed by atoms with van der Waals surface area (Å²) in [5, 5.41) is 76.5. The number of hydrogen-bond donors (Lipinski definition) is 8. The van der Waals surface area contributed by atoms with Gasteiger partial charge in [0.05, 0.1) is 13.2 Å². The van der Waals surface area contributed by atoms with Crippen molar-refractivity contribution in [3.8, 4) is 0 Å². The topological polar surface area (TPSA) is 190 Å². The second-order valence-electron chi connectivity index (χ2n) is 5.53. The molecule has 23 heavy (non-hydrogen) atoms. The number of aliphatic hydroxyl groups excluding tert-OH is 8. The van der Waals surface area contributed by atoms with Crippen molar-refractivity contribution in [1.29, 1.82) is 0 Å². The first-order valence-corrected chi connectivity index (χ1v) is 7.08. The van der Waals surface area contributed by atoms with E-state index in [1.807, 2.05) is 0 Å². The normalized spacial score (nSPS) is 51.7. The minimum atomic E-state index is -1.74. The van der Waals surface area contributed by atoms with E-state index < -0.39 is 74.6 Å². The van der Waals surface area contributed by atoms with E-state index in [9.17, 15) is 35.7 Å². The van der Waals surface area contributed by atoms with E-state index in [4.69, 9.17) is 19.3 Å². The number of aliphatic hydroxyl groups is 8. The first-order valence-electron chi connectivity index (χ1n) is 7.08. The molecule has 0 aromatic heterocycles. The Kier molecular flexibility index (Phi) is 6.27. The van der Waals surface area contributed by atoms with Crippen molar-refractivity contribution in [2.75, 3.05) is 13.2 Å². The molecule has 10 atom stereocenters. The Hall–Kier alpha value is -0.440. The van der Waals surface area contributed by atoms with E-state index in [0.717, 1.165) is 0 Å². The number of rotatable bonds is 4. The van der Waals surface area contributed by atoms with Crippen molar-refractivity contribution in [3.63, 3.8) is 0 Å². The molecule has 0 aliphatic carbocycles. The zero-order chi connectivity index (χ0) is 17.3. The van der Waals surface area contributed by atoms with E-state index in [1.54, 1.807) is 0 Å². The lowest BCUT2D eigenvalue weighted by molar-refractivity contribution is -0.355. The van der Waals surface area contributed by atoms with Crippen LogP contribution in [0.2, 0.25) is 0 Å². The second-order valence-corrected chi connectivity index (χ2v) is 5.53. The van der Waals surface area contributed by atoms with Crippen molar-refractivity contribution in [3.05, 3.63) is 0 Å². The van der Waals surface area contributed by atoms with Crippen molar-refractivity contribution < 1.29 is 55.1 Å². The monoisotopic (exact) mass is 342 g/mol. The molecule has 0 saturated carbocycles. The molecule has 2 rings (SSSR count). The maximum atomic E-state index is 9.94. The molecule has 0 bridgehead atoms. The molecule has 0 spiro atoms. The summed E-state index contributed by atoms with van der Waals surface area (Å²) in [5.74, 6) is 0. The van der Waals surface area contributed by atoms with Gasteiger partial charge in [-0.3, -0.25) is 0 Å². The predicted molar refractivity (Wildman–Crippen MR) is 68.6 cm³/mol. The van der Waals surface area contributed by atoms with Crippen molar-refractivity contribution in [2.24, 2.45) is 0 Å². The standard InChI is InChI=1S/C12H22O11/c13-1-3-5(15)6(16)9(19)12(22-3)23-10-4(2-14)21-11(20)8(18)7(10)17/h3-20H,1-2H2/t3-,4-,5-,6-,7-,8+,9+,10-,11+,12+/m0/s1. The van der Waals surface area contributed by atoms with Gasteiger partial charge in [0.1, 0.15) is 48.8 Å². The first kappa shape index (κ1) is 18.9. The van der Waals surface area contributed by atoms with Crippen LogP contribution in [0.4, 0.5) is 0 Å². The summed E-state index contributed by atoms with van der Waals surface area (Å²) < 4.78 is 15.3. The quantitative estimate of drug-likeness (QED) is 0.243. The van der Waals surface area contributed by atoms with E-state index in [2.05, 4.69) is 0 Å². The van der Waals surface area contributed by atoms with Crippen LogP contribution in [0.1, 0.15) is 0 Å². The zero-order valence-corrected chi connectivity index (χ0v) is 12.0. The molecule has 2 aliphatic heterocycles. The van der Waals surface area contributed by atoms with Crippen LogP contribution in [0.15, 0.2) is 0 Å². The Morgan fingerprint density at radius 3 is 1.83 bits per heavy atom. The van der Waals surface area contributed by atoms with Crippen LogP contribution >= 0.6 is 0 Å². The maximum absolute atomic E-state index is 9.94. The number of ether oxygens (including phenoxy) is 3. The molecule has 2 heterocycles. The van der Waals surface area contributed by atoms with E-state index in [0.29, 0.717) is 0 Å². The predicted octanol–water partition coefficient (Wildman–Crippen LogP) is -5.40. The fourth-order valence-electron chi connectivity index (χ4n) is 2.57. The minimum Gasteiger partial charge on any atom is -0.394 e. The Balaban J connectivity index is 2.11. The highest BCUT2D eigenvalue weighted by Gasteiger charge is 2.50. The minimum absolute atomic E-state index is 0.667. The second kappa shape index (κ2) is 7.63. The third-order valence-corrected chi connectivity index (χ3v) is 3.98. The van der Waals surface area contributed by atoms with Crippen LogP contribution in [-0.2, 0) is 14.2 Å². The Bertz CT molecular complexity index is 378. The third kappa shape index (κ3) is 3.65. The van der Waals surface area contributed by atoms with Crippen LogP contribution in [0.5, 0.6) is 0 Å². The van der Waals surface area contributed by atoms with Crippen LogP contribution in [-0.4, -0.2) is 115 Å². The maximum Gasteiger partial charge on any atom is 0.187 e. The molecule has 2 aliphatic rings. The van der Waals surface area contributed by atoms with E-state index in [1.165, 1.54) is 0 Å². The van der Waals surface area contributed by atoms with Gasteiger partial charge in [0, 0.05) is 0 Å². The lowest BCUT2D eigenvalue weighted by Gasteiger charge is -2.45. The Morgan fingerprint density at radius 1 is 0.652 bits per heavy atom. The summed E-state index contributed by atoms with van der Waals surface area (Å²) in [6.07, 6.45) is -15.6. The van der Waals surface area contributed by atoms with Gasteiger partial charge in [0.2, 0.25) is 0 Å². The molecule has 0 aromatic rings. The summed E-state index contributed by atoms with van der Waals surface area (Å²) in [7, 11) is 0. The highest BCUT2D eigenvalue weighted by Crippen LogP contribution is 2.28. The molecule has 136 valence electrons. The third-order valence-electron chi connectivity index (χ3n) is 3.98. The van der Waals surface area contributed by atoms with Gasteiger partial charge < -0.3 is 55.1 Å². The average Bonchev–Trinajstić information content (AvgIpc) is 2.55. The summed E-state index contributed by atoms with van der Waals surface area (Å²) in [6.45, 7) is -1.35. The zero-order valence-electron chi connectivity index (χ0n) is 12.0. The van der Waals surface area contributed by atoms with Crippen molar-refractivity contribution >= 4 is 0 Å². The van der Waals surface area contributed by atoms with Gasteiger partial charge in [0.15, 0.2) is 12.6 Å². The van der Waals surface area contributed by atoms with Gasteiger partial charge in [0.25, 0.3) is 0 Å². The summed E-state index contributed by atoms with van der Waals surface area (Å²) in [5.41, 5.74) is 0. The van der Waals surface area contributed by atoms with Gasteiger partial charge >= 0.3 is 0 Å². The smallest absolute Gasteiger partial charge is 0.187 e. The summed E-state index contributed by atoms with van der Waals surface area (Å²) in [4.78, 5) is 0. The lowest BCUT2D eigenvalue weighted by atomic mass is 9.97. The summed E-state index contributed by atoms with van der Waals surface area (Å²) >= 11 is 0. The molecule has 0 amide bonds. The molecule has 11 heteroatoms. The van der Waals surface area contributed by atoms with Crippen LogP contribution in [0.3, 0.4) is 0 Å². The molecule has 11 nitrogen and oxygen atoms in total. The molecular weight excluding hydrogens is 320 g/mol. The van der Waals surface area contributed by atoms with Gasteiger partial charge in [-0.05, 0) is 0 Å². The van der Waals surface area contributed by atoms with Crippen LogP contribution in [0.25, 0.3) is 0 Å².